The lowest BCUT2D eigenvalue weighted by Gasteiger charge is -2.06. The van der Waals surface area contributed by atoms with Crippen molar-refractivity contribution in [1.82, 2.24) is 10.6 Å². The second-order valence-corrected chi connectivity index (χ2v) is 4.66. The second kappa shape index (κ2) is 7.74. The van der Waals surface area contributed by atoms with Crippen molar-refractivity contribution in [2.45, 2.75) is 13.0 Å². The molecule has 0 aliphatic carbocycles. The number of nitrogens with one attached hydrogen (secondary N) is 2. The third-order valence-electron chi connectivity index (χ3n) is 2.97. The molecule has 1 aromatic carbocycles. The van der Waals surface area contributed by atoms with E-state index >= 15 is 0 Å². The number of rotatable bonds is 7. The van der Waals surface area contributed by atoms with Crippen molar-refractivity contribution in [1.29, 1.82) is 0 Å². The van der Waals surface area contributed by atoms with Gasteiger partial charge in [-0.25, -0.2) is 0 Å². The number of furan rings is 1. The van der Waals surface area contributed by atoms with Crippen molar-refractivity contribution in [2.75, 3.05) is 6.54 Å². The van der Waals surface area contributed by atoms with Crippen LogP contribution in [0.15, 0.2) is 46.9 Å². The van der Waals surface area contributed by atoms with E-state index in [0.717, 1.165) is 11.6 Å². The van der Waals surface area contributed by atoms with Crippen molar-refractivity contribution in [3.63, 3.8) is 0 Å². The SMILES string of the molecule is O=C(CCNC(=O)c1ccc([N+](=O)[O-])o1)NCc1ccccc1. The van der Waals surface area contributed by atoms with Crippen LogP contribution in [-0.2, 0) is 11.3 Å². The van der Waals surface area contributed by atoms with Gasteiger partial charge in [0.2, 0.25) is 5.91 Å². The zero-order chi connectivity index (χ0) is 16.7. The molecule has 0 unspecified atom stereocenters. The molecule has 0 bridgehead atoms. The van der Waals surface area contributed by atoms with Crippen LogP contribution in [-0.4, -0.2) is 23.3 Å². The Morgan fingerprint density at radius 2 is 1.83 bits per heavy atom. The maximum atomic E-state index is 11.7. The van der Waals surface area contributed by atoms with Gasteiger partial charge in [-0.1, -0.05) is 30.3 Å². The van der Waals surface area contributed by atoms with Crippen LogP contribution in [0.2, 0.25) is 0 Å². The van der Waals surface area contributed by atoms with Crippen LogP contribution in [0.5, 0.6) is 0 Å². The average Bonchev–Trinajstić information content (AvgIpc) is 3.04. The van der Waals surface area contributed by atoms with Gasteiger partial charge in [0.25, 0.3) is 5.91 Å². The molecule has 120 valence electrons. The minimum absolute atomic E-state index is 0.0986. The highest BCUT2D eigenvalue weighted by molar-refractivity contribution is 5.92. The maximum absolute atomic E-state index is 11.7. The Kier molecular flexibility index (Phi) is 5.45. The zero-order valence-electron chi connectivity index (χ0n) is 12.2. The summed E-state index contributed by atoms with van der Waals surface area (Å²) in [5, 5.41) is 15.6. The van der Waals surface area contributed by atoms with Crippen LogP contribution in [0.25, 0.3) is 0 Å². The molecule has 0 saturated heterocycles. The normalized spacial score (nSPS) is 10.1. The first-order valence-corrected chi connectivity index (χ1v) is 6.89. The Morgan fingerprint density at radius 3 is 2.48 bits per heavy atom. The first kappa shape index (κ1) is 16.2. The molecule has 0 aliphatic heterocycles. The average molecular weight is 317 g/mol. The van der Waals surface area contributed by atoms with E-state index in [0.29, 0.717) is 6.54 Å². The molecule has 2 rings (SSSR count). The molecule has 0 radical (unpaired) electrons. The number of amides is 2. The van der Waals surface area contributed by atoms with E-state index < -0.39 is 16.7 Å². The Bertz CT molecular complexity index is 696. The topological polar surface area (TPSA) is 114 Å². The molecule has 23 heavy (non-hydrogen) atoms. The molecular weight excluding hydrogens is 302 g/mol. The molecule has 1 heterocycles. The fourth-order valence-corrected chi connectivity index (χ4v) is 1.81. The van der Waals surface area contributed by atoms with E-state index in [2.05, 4.69) is 10.6 Å². The Balaban J connectivity index is 1.70. The lowest BCUT2D eigenvalue weighted by molar-refractivity contribution is -0.402. The van der Waals surface area contributed by atoms with E-state index in [1.807, 2.05) is 30.3 Å². The molecule has 1 aromatic heterocycles. The van der Waals surface area contributed by atoms with Gasteiger partial charge in [0.05, 0.1) is 6.07 Å². The molecule has 8 nitrogen and oxygen atoms in total. The predicted molar refractivity (Wildman–Crippen MR) is 80.6 cm³/mol. The Hall–Kier alpha value is -3.16. The van der Waals surface area contributed by atoms with Crippen LogP contribution in [0.3, 0.4) is 0 Å². The van der Waals surface area contributed by atoms with Crippen LogP contribution in [0.4, 0.5) is 5.88 Å². The summed E-state index contributed by atoms with van der Waals surface area (Å²) in [6.45, 7) is 0.520. The highest BCUT2D eigenvalue weighted by Crippen LogP contribution is 2.15. The minimum atomic E-state index is -0.728. The minimum Gasteiger partial charge on any atom is -0.395 e. The number of hydrogen-bond acceptors (Lipinski definition) is 5. The van der Waals surface area contributed by atoms with E-state index in [1.54, 1.807) is 0 Å². The summed E-state index contributed by atoms with van der Waals surface area (Å²) in [6.07, 6.45) is 0.0986. The molecule has 2 amide bonds. The summed E-state index contributed by atoms with van der Waals surface area (Å²) in [4.78, 5) is 33.1. The van der Waals surface area contributed by atoms with Gasteiger partial charge in [-0.05, 0) is 11.6 Å². The van der Waals surface area contributed by atoms with Crippen molar-refractivity contribution >= 4 is 17.7 Å². The molecule has 8 heteroatoms. The lowest BCUT2D eigenvalue weighted by atomic mass is 10.2. The molecule has 0 saturated carbocycles. The number of carbonyl (C=O) groups excluding carboxylic acids is 2. The van der Waals surface area contributed by atoms with E-state index in [-0.39, 0.29) is 24.6 Å². The highest BCUT2D eigenvalue weighted by atomic mass is 16.6. The van der Waals surface area contributed by atoms with Crippen molar-refractivity contribution in [3.8, 4) is 0 Å². The Morgan fingerprint density at radius 1 is 1.09 bits per heavy atom. The number of carbonyl (C=O) groups is 2. The molecule has 2 aromatic rings. The largest absolute Gasteiger partial charge is 0.433 e. The summed E-state index contributed by atoms with van der Waals surface area (Å²) < 4.78 is 4.76. The number of hydrogen-bond donors (Lipinski definition) is 2. The van der Waals surface area contributed by atoms with Crippen LogP contribution >= 0.6 is 0 Å². The molecule has 0 atom stereocenters. The van der Waals surface area contributed by atoms with Crippen LogP contribution < -0.4 is 10.6 Å². The molecular formula is C15H15N3O5. The number of nitrogens with zero attached hydrogens (tertiary/aromatic N) is 1. The van der Waals surface area contributed by atoms with Gasteiger partial charge in [0, 0.05) is 19.5 Å². The third-order valence-corrected chi connectivity index (χ3v) is 2.97. The van der Waals surface area contributed by atoms with Gasteiger partial charge in [-0.3, -0.25) is 19.7 Å². The lowest BCUT2D eigenvalue weighted by Crippen LogP contribution is -2.30. The van der Waals surface area contributed by atoms with Gasteiger partial charge < -0.3 is 15.1 Å². The summed E-state index contributed by atoms with van der Waals surface area (Å²) in [6, 6.07) is 11.7. The molecule has 0 spiro atoms. The van der Waals surface area contributed by atoms with E-state index in [9.17, 15) is 19.7 Å². The highest BCUT2D eigenvalue weighted by Gasteiger charge is 2.17. The maximum Gasteiger partial charge on any atom is 0.433 e. The monoisotopic (exact) mass is 317 g/mol. The van der Waals surface area contributed by atoms with Gasteiger partial charge in [-0.15, -0.1) is 0 Å². The smallest absolute Gasteiger partial charge is 0.395 e. The van der Waals surface area contributed by atoms with Crippen LogP contribution in [0.1, 0.15) is 22.5 Å². The standard InChI is InChI=1S/C15H15N3O5/c19-13(17-10-11-4-2-1-3-5-11)8-9-16-15(20)12-6-7-14(23-12)18(21)22/h1-7H,8-10H2,(H,16,20)(H,17,19). The van der Waals surface area contributed by atoms with E-state index in [4.69, 9.17) is 4.42 Å². The summed E-state index contributed by atoms with van der Waals surface area (Å²) in [7, 11) is 0. The quantitative estimate of drug-likeness (QED) is 0.595. The first-order valence-electron chi connectivity index (χ1n) is 6.89. The Labute approximate surface area is 131 Å². The van der Waals surface area contributed by atoms with Crippen molar-refractivity contribution < 1.29 is 18.9 Å². The number of benzene rings is 1. The third kappa shape index (κ3) is 4.95. The van der Waals surface area contributed by atoms with Crippen molar-refractivity contribution in [2.24, 2.45) is 0 Å². The van der Waals surface area contributed by atoms with Gasteiger partial charge in [0.15, 0.2) is 5.76 Å². The summed E-state index contributed by atoms with van der Waals surface area (Å²) >= 11 is 0. The molecule has 0 fully saturated rings. The van der Waals surface area contributed by atoms with Crippen LogP contribution in [0, 0.1) is 10.1 Å². The predicted octanol–water partition coefficient (Wildman–Crippen LogP) is 1.62. The molecule has 2 N–H and O–H groups in total. The van der Waals surface area contributed by atoms with Crippen molar-refractivity contribution in [3.05, 3.63) is 63.9 Å². The fourth-order valence-electron chi connectivity index (χ4n) is 1.81. The number of nitro groups is 1. The molecule has 0 aliphatic rings. The zero-order valence-corrected chi connectivity index (χ0v) is 12.2. The van der Waals surface area contributed by atoms with Gasteiger partial charge >= 0.3 is 5.88 Å². The second-order valence-electron chi connectivity index (χ2n) is 4.66. The van der Waals surface area contributed by atoms with Gasteiger partial charge in [-0.2, -0.15) is 0 Å². The first-order chi connectivity index (χ1) is 11.1. The fraction of sp³-hybridized carbons (Fsp3) is 0.200. The van der Waals surface area contributed by atoms with Gasteiger partial charge in [0.1, 0.15) is 4.92 Å². The summed E-state index contributed by atoms with van der Waals surface area (Å²) in [5.74, 6) is -1.48. The van der Waals surface area contributed by atoms with E-state index in [1.165, 1.54) is 6.07 Å². The summed E-state index contributed by atoms with van der Waals surface area (Å²) in [5.41, 5.74) is 0.979.